The van der Waals surface area contributed by atoms with Crippen LogP contribution in [0.2, 0.25) is 0 Å². The fraction of sp³-hybridized carbons (Fsp3) is 0.462. The van der Waals surface area contributed by atoms with Gasteiger partial charge in [-0.2, -0.15) is 0 Å². The van der Waals surface area contributed by atoms with Gasteiger partial charge >= 0.3 is 6.36 Å². The van der Waals surface area contributed by atoms with E-state index in [1.807, 2.05) is 0 Å². The summed E-state index contributed by atoms with van der Waals surface area (Å²) in [4.78, 5) is 13.1. The van der Waals surface area contributed by atoms with Crippen molar-refractivity contribution in [2.45, 2.75) is 12.9 Å². The molecule has 21 heavy (non-hydrogen) atoms. The molecule has 0 radical (unpaired) electrons. The number of benzene rings is 1. The van der Waals surface area contributed by atoms with Gasteiger partial charge in [0, 0.05) is 32.7 Å². The Kier molecular flexibility index (Phi) is 6.60. The van der Waals surface area contributed by atoms with Gasteiger partial charge in [-0.15, -0.1) is 13.2 Å². The first-order valence-corrected chi connectivity index (χ1v) is 6.26. The van der Waals surface area contributed by atoms with Gasteiger partial charge < -0.3 is 4.90 Å². The second kappa shape index (κ2) is 7.96. The van der Waals surface area contributed by atoms with Crippen molar-refractivity contribution in [2.24, 2.45) is 0 Å². The summed E-state index contributed by atoms with van der Waals surface area (Å²) in [5, 5.41) is 0. The molecule has 0 unspecified atom stereocenters. The summed E-state index contributed by atoms with van der Waals surface area (Å²) in [5.74, 6) is -0.0862. The third kappa shape index (κ3) is 7.07. The minimum absolute atomic E-state index is 0.0245. The molecule has 0 aliphatic carbocycles. The second-order valence-corrected chi connectivity index (χ2v) is 4.47. The van der Waals surface area contributed by atoms with Crippen LogP contribution in [0.4, 0.5) is 13.2 Å². The predicted octanol–water partition coefficient (Wildman–Crippen LogP) is 1.52. The highest BCUT2D eigenvalue weighted by Gasteiger charge is 2.28. The molecular weight excluding hydrogens is 287 g/mol. The summed E-state index contributed by atoms with van der Waals surface area (Å²) >= 11 is 0. The van der Waals surface area contributed by atoms with Crippen LogP contribution in [-0.2, 0) is 11.3 Å². The molecule has 5 nitrogen and oxygen atoms in total. The fourth-order valence-corrected chi connectivity index (χ4v) is 1.49. The maximum atomic E-state index is 11.7. The van der Waals surface area contributed by atoms with Crippen LogP contribution in [0, 0.1) is 0 Å². The molecule has 1 aromatic rings. The third-order valence-electron chi connectivity index (χ3n) is 2.52. The Morgan fingerprint density at radius 1 is 1.19 bits per heavy atom. The van der Waals surface area contributed by atoms with Crippen molar-refractivity contribution in [3.8, 4) is 0 Å². The summed E-state index contributed by atoms with van der Waals surface area (Å²) in [6, 6.07) is 6.95. The summed E-state index contributed by atoms with van der Waals surface area (Å²) < 4.78 is 38.7. The van der Waals surface area contributed by atoms with E-state index in [2.05, 4.69) is 15.6 Å². The van der Waals surface area contributed by atoms with Gasteiger partial charge in [-0.25, -0.2) is 0 Å². The average molecular weight is 305 g/mol. The van der Waals surface area contributed by atoms with Crippen LogP contribution >= 0.6 is 0 Å². The highest BCUT2D eigenvalue weighted by Crippen LogP contribution is 2.15. The minimum Gasteiger partial charge on any atom is -0.345 e. The van der Waals surface area contributed by atoms with E-state index in [9.17, 15) is 18.0 Å². The molecule has 118 valence electrons. The van der Waals surface area contributed by atoms with Crippen molar-refractivity contribution >= 4 is 5.91 Å². The number of hydrazine groups is 1. The SMILES string of the molecule is CN(C)C(=O)c1ccc(CNNCCOC(F)(F)F)cc1. The summed E-state index contributed by atoms with van der Waals surface area (Å²) in [5.41, 5.74) is 6.86. The number of amides is 1. The molecule has 8 heteroatoms. The number of hydrogen-bond donors (Lipinski definition) is 2. The number of rotatable bonds is 7. The van der Waals surface area contributed by atoms with Gasteiger partial charge in [0.1, 0.15) is 0 Å². The highest BCUT2D eigenvalue weighted by molar-refractivity contribution is 5.93. The van der Waals surface area contributed by atoms with E-state index < -0.39 is 13.0 Å². The minimum atomic E-state index is -4.60. The molecule has 0 aromatic heterocycles. The molecule has 0 aliphatic rings. The average Bonchev–Trinajstić information content (AvgIpc) is 2.41. The van der Waals surface area contributed by atoms with Gasteiger partial charge in [-0.1, -0.05) is 12.1 Å². The molecule has 0 bridgehead atoms. The van der Waals surface area contributed by atoms with Crippen LogP contribution in [0.5, 0.6) is 0 Å². The molecule has 0 heterocycles. The third-order valence-corrected chi connectivity index (χ3v) is 2.52. The van der Waals surface area contributed by atoms with E-state index in [1.165, 1.54) is 4.90 Å². The van der Waals surface area contributed by atoms with Crippen LogP contribution in [0.3, 0.4) is 0 Å². The molecule has 1 amide bonds. The molecule has 0 saturated carbocycles. The predicted molar refractivity (Wildman–Crippen MR) is 71.3 cm³/mol. The molecule has 0 spiro atoms. The lowest BCUT2D eigenvalue weighted by atomic mass is 10.1. The largest absolute Gasteiger partial charge is 0.522 e. The molecule has 2 N–H and O–H groups in total. The molecule has 0 aliphatic heterocycles. The maximum absolute atomic E-state index is 11.7. The van der Waals surface area contributed by atoms with Gasteiger partial charge in [0.05, 0.1) is 6.61 Å². The first-order chi connectivity index (χ1) is 9.79. The van der Waals surface area contributed by atoms with E-state index in [0.29, 0.717) is 12.1 Å². The normalized spacial score (nSPS) is 11.5. The van der Waals surface area contributed by atoms with E-state index >= 15 is 0 Å². The smallest absolute Gasteiger partial charge is 0.345 e. The van der Waals surface area contributed by atoms with Gasteiger partial charge in [0.15, 0.2) is 0 Å². The zero-order chi connectivity index (χ0) is 15.9. The lowest BCUT2D eigenvalue weighted by Crippen LogP contribution is -2.35. The Hall–Kier alpha value is -1.64. The summed E-state index contributed by atoms with van der Waals surface area (Å²) in [7, 11) is 3.34. The van der Waals surface area contributed by atoms with E-state index in [-0.39, 0.29) is 12.5 Å². The molecule has 0 atom stereocenters. The van der Waals surface area contributed by atoms with E-state index in [0.717, 1.165) is 5.56 Å². The zero-order valence-electron chi connectivity index (χ0n) is 11.8. The van der Waals surface area contributed by atoms with Crippen molar-refractivity contribution in [1.82, 2.24) is 15.8 Å². The first kappa shape index (κ1) is 17.4. The number of hydrogen-bond acceptors (Lipinski definition) is 4. The van der Waals surface area contributed by atoms with Gasteiger partial charge in [0.2, 0.25) is 0 Å². The first-order valence-electron chi connectivity index (χ1n) is 6.26. The molecule has 1 rings (SSSR count). The Morgan fingerprint density at radius 3 is 2.33 bits per heavy atom. The standard InChI is InChI=1S/C13H18F3N3O2/c1-19(2)12(20)11-5-3-10(4-6-11)9-18-17-7-8-21-13(14,15)16/h3-6,17-18H,7-9H2,1-2H3. The monoisotopic (exact) mass is 305 g/mol. The van der Waals surface area contributed by atoms with Gasteiger partial charge in [0.25, 0.3) is 5.91 Å². The maximum Gasteiger partial charge on any atom is 0.522 e. The van der Waals surface area contributed by atoms with Crippen molar-refractivity contribution in [2.75, 3.05) is 27.2 Å². The molecular formula is C13H18F3N3O2. The number of ether oxygens (including phenoxy) is 1. The van der Waals surface area contributed by atoms with Gasteiger partial charge in [-0.05, 0) is 17.7 Å². The van der Waals surface area contributed by atoms with Crippen molar-refractivity contribution in [3.05, 3.63) is 35.4 Å². The fourth-order valence-electron chi connectivity index (χ4n) is 1.49. The molecule has 0 fully saturated rings. The number of nitrogens with one attached hydrogen (secondary N) is 2. The Bertz CT molecular complexity index is 447. The quantitative estimate of drug-likeness (QED) is 0.592. The van der Waals surface area contributed by atoms with Crippen LogP contribution < -0.4 is 10.9 Å². The lowest BCUT2D eigenvalue weighted by Gasteiger charge is -2.11. The topological polar surface area (TPSA) is 53.6 Å². The molecule has 1 aromatic carbocycles. The second-order valence-electron chi connectivity index (χ2n) is 4.47. The van der Waals surface area contributed by atoms with Crippen molar-refractivity contribution in [1.29, 1.82) is 0 Å². The number of carbonyl (C=O) groups is 1. The number of halogens is 3. The summed E-state index contributed by atoms with van der Waals surface area (Å²) in [6.45, 7) is -0.0219. The van der Waals surface area contributed by atoms with Crippen LogP contribution in [0.1, 0.15) is 15.9 Å². The van der Waals surface area contributed by atoms with Crippen molar-refractivity contribution < 1.29 is 22.7 Å². The Balaban J connectivity index is 2.26. The van der Waals surface area contributed by atoms with E-state index in [1.54, 1.807) is 38.4 Å². The van der Waals surface area contributed by atoms with Crippen molar-refractivity contribution in [3.63, 3.8) is 0 Å². The van der Waals surface area contributed by atoms with Crippen LogP contribution in [0.25, 0.3) is 0 Å². The Labute approximate surface area is 121 Å². The Morgan fingerprint density at radius 2 is 1.81 bits per heavy atom. The number of nitrogens with zero attached hydrogens (tertiary/aromatic N) is 1. The zero-order valence-corrected chi connectivity index (χ0v) is 11.8. The van der Waals surface area contributed by atoms with Crippen LogP contribution in [0.15, 0.2) is 24.3 Å². The van der Waals surface area contributed by atoms with E-state index in [4.69, 9.17) is 0 Å². The summed E-state index contributed by atoms with van der Waals surface area (Å²) in [6.07, 6.45) is -4.60. The lowest BCUT2D eigenvalue weighted by molar-refractivity contribution is -0.323. The highest BCUT2D eigenvalue weighted by atomic mass is 19.4. The van der Waals surface area contributed by atoms with Gasteiger partial charge in [-0.3, -0.25) is 20.4 Å². The number of carbonyl (C=O) groups excluding carboxylic acids is 1. The number of alkyl halides is 3. The molecule has 0 saturated heterocycles. The van der Waals surface area contributed by atoms with Crippen LogP contribution in [-0.4, -0.2) is 44.4 Å².